The van der Waals surface area contributed by atoms with Crippen molar-refractivity contribution in [1.29, 1.82) is 0 Å². The van der Waals surface area contributed by atoms with Crippen LogP contribution in [-0.4, -0.2) is 106 Å². The first-order chi connectivity index (χ1) is 31.3. The lowest BCUT2D eigenvalue weighted by atomic mass is 9.88. The molecule has 0 aromatic heterocycles. The Hall–Kier alpha value is -5.45. The molecule has 17 heteroatoms. The molecular weight excluding hydrogens is 863 g/mol. The lowest BCUT2D eigenvalue weighted by molar-refractivity contribution is -0.144. The van der Waals surface area contributed by atoms with E-state index in [0.717, 1.165) is 17.5 Å². The molecule has 2 heterocycles. The molecule has 0 radical (unpaired) electrons. The number of nitrogens with one attached hydrogen (secondary N) is 5. The molecule has 6 atom stereocenters. The number of ether oxygens (including phenoxy) is 2. The number of amides is 6. The molecule has 0 spiro atoms. The number of carbonyl (C=O) groups is 7. The standard InChI is InChI=1S/C49H71N7O9S/c1-31(2)27-38(53-48(63)65-49(6,7)8)40(57)29-36(28-34-17-11-9-12-18-34)45(61)56-26-16-22-39(56)43(59)54-41(32(3)4)44(60)52-37(42(58)55-46-50-25-23-33(5)66-46)21-15-24-51-47(62)64-30-35-19-13-10-14-20-35/h9-14,17-20,31-33,36-39,41H,15-16,21-30H2,1-8H3,(H,51,62)(H,52,60)(H,53,63)(H,54,59)(H,50,55,58)/t33?,36-,37-,38-,39-,41-/m0/s1. The van der Waals surface area contributed by atoms with E-state index in [2.05, 4.69) is 31.6 Å². The first-order valence-corrected chi connectivity index (χ1v) is 24.1. The lowest BCUT2D eigenvalue weighted by Gasteiger charge is -2.31. The van der Waals surface area contributed by atoms with Crippen molar-refractivity contribution in [3.8, 4) is 0 Å². The van der Waals surface area contributed by atoms with Crippen molar-refractivity contribution in [2.45, 2.75) is 148 Å². The summed E-state index contributed by atoms with van der Waals surface area (Å²) in [4.78, 5) is 102. The summed E-state index contributed by atoms with van der Waals surface area (Å²) in [6.07, 6.45) is 1.26. The van der Waals surface area contributed by atoms with Crippen molar-refractivity contribution < 1.29 is 43.0 Å². The molecule has 66 heavy (non-hydrogen) atoms. The number of nitrogens with zero attached hydrogens (tertiary/aromatic N) is 2. The molecule has 0 aliphatic carbocycles. The van der Waals surface area contributed by atoms with Crippen LogP contribution in [0.4, 0.5) is 9.59 Å². The summed E-state index contributed by atoms with van der Waals surface area (Å²) >= 11 is 1.44. The number of hydrogen-bond donors (Lipinski definition) is 5. The number of benzene rings is 2. The third-order valence-electron chi connectivity index (χ3n) is 11.1. The fourth-order valence-corrected chi connectivity index (χ4v) is 8.67. The van der Waals surface area contributed by atoms with E-state index in [9.17, 15) is 33.6 Å². The van der Waals surface area contributed by atoms with Gasteiger partial charge < -0.3 is 41.0 Å². The van der Waals surface area contributed by atoms with Gasteiger partial charge in [-0.3, -0.25) is 29.0 Å². The van der Waals surface area contributed by atoms with Crippen LogP contribution in [0.25, 0.3) is 0 Å². The largest absolute Gasteiger partial charge is 0.445 e. The minimum atomic E-state index is -1.07. The molecule has 6 amide bonds. The zero-order chi connectivity index (χ0) is 48.4. The minimum Gasteiger partial charge on any atom is -0.445 e. The van der Waals surface area contributed by atoms with Crippen LogP contribution in [0.3, 0.4) is 0 Å². The quantitative estimate of drug-likeness (QED) is 0.0913. The van der Waals surface area contributed by atoms with Crippen molar-refractivity contribution in [3.63, 3.8) is 0 Å². The van der Waals surface area contributed by atoms with Crippen LogP contribution in [0.2, 0.25) is 0 Å². The molecule has 2 aliphatic rings. The highest BCUT2D eigenvalue weighted by Gasteiger charge is 2.40. The number of alkyl carbamates (subject to hydrolysis) is 2. The zero-order valence-electron chi connectivity index (χ0n) is 39.9. The second-order valence-corrected chi connectivity index (χ2v) is 20.3. The fourth-order valence-electron chi connectivity index (χ4n) is 7.74. The summed E-state index contributed by atoms with van der Waals surface area (Å²) in [7, 11) is 0. The number of Topliss-reactive ketones (excluding diaryl/α,β-unsaturated/α-hetero) is 1. The van der Waals surface area contributed by atoms with E-state index in [1.807, 2.05) is 81.4 Å². The van der Waals surface area contributed by atoms with Gasteiger partial charge in [-0.15, -0.1) is 0 Å². The minimum absolute atomic E-state index is 0.0480. The monoisotopic (exact) mass is 934 g/mol. The smallest absolute Gasteiger partial charge is 0.408 e. The van der Waals surface area contributed by atoms with Crippen LogP contribution in [0.15, 0.2) is 65.7 Å². The van der Waals surface area contributed by atoms with Gasteiger partial charge in [0.2, 0.25) is 23.6 Å². The molecule has 2 aromatic carbocycles. The maximum Gasteiger partial charge on any atom is 0.408 e. The maximum atomic E-state index is 14.6. The van der Waals surface area contributed by atoms with Crippen LogP contribution < -0.4 is 26.6 Å². The van der Waals surface area contributed by atoms with E-state index in [-0.39, 0.29) is 61.8 Å². The molecule has 4 rings (SSSR count). The first kappa shape index (κ1) is 53.2. The van der Waals surface area contributed by atoms with Gasteiger partial charge in [0.25, 0.3) is 0 Å². The Kier molecular flexibility index (Phi) is 21.0. The number of carbonyl (C=O) groups excluding carboxylic acids is 7. The van der Waals surface area contributed by atoms with Crippen LogP contribution in [0, 0.1) is 17.8 Å². The molecule has 2 aliphatic heterocycles. The van der Waals surface area contributed by atoms with Crippen molar-refractivity contribution in [2.24, 2.45) is 22.7 Å². The summed E-state index contributed by atoms with van der Waals surface area (Å²) in [6.45, 7) is 15.8. The van der Waals surface area contributed by atoms with Gasteiger partial charge in [-0.25, -0.2) is 9.59 Å². The normalized spacial score (nSPS) is 18.0. The van der Waals surface area contributed by atoms with Gasteiger partial charge in [-0.2, -0.15) is 0 Å². The van der Waals surface area contributed by atoms with E-state index in [4.69, 9.17) is 9.47 Å². The van der Waals surface area contributed by atoms with Crippen LogP contribution >= 0.6 is 11.8 Å². The average Bonchev–Trinajstić information content (AvgIpc) is 3.75. The number of likely N-dealkylation sites (tertiary alicyclic amines) is 1. The Balaban J connectivity index is 1.46. The molecule has 2 aromatic rings. The number of rotatable bonds is 21. The molecule has 362 valence electrons. The van der Waals surface area contributed by atoms with Crippen LogP contribution in [0.1, 0.15) is 111 Å². The van der Waals surface area contributed by atoms with Crippen molar-refractivity contribution in [1.82, 2.24) is 31.5 Å². The van der Waals surface area contributed by atoms with E-state index >= 15 is 0 Å². The third kappa shape index (κ3) is 18.1. The Labute approximate surface area is 394 Å². The second kappa shape index (κ2) is 26.0. The van der Waals surface area contributed by atoms with Gasteiger partial charge in [0.15, 0.2) is 11.0 Å². The highest BCUT2D eigenvalue weighted by Crippen LogP contribution is 2.26. The molecule has 0 saturated carbocycles. The number of hydrogen-bond acceptors (Lipinski definition) is 11. The van der Waals surface area contributed by atoms with Gasteiger partial charge in [-0.1, -0.05) is 107 Å². The predicted molar refractivity (Wildman–Crippen MR) is 255 cm³/mol. The summed E-state index contributed by atoms with van der Waals surface area (Å²) in [5, 5.41) is 14.7. The maximum absolute atomic E-state index is 14.6. The lowest BCUT2D eigenvalue weighted by Crippen LogP contribution is -2.58. The van der Waals surface area contributed by atoms with Crippen molar-refractivity contribution >= 4 is 58.5 Å². The van der Waals surface area contributed by atoms with E-state index < -0.39 is 71.5 Å². The predicted octanol–water partition coefficient (Wildman–Crippen LogP) is 6.06. The van der Waals surface area contributed by atoms with Crippen LogP contribution in [0.5, 0.6) is 0 Å². The van der Waals surface area contributed by atoms with Gasteiger partial charge >= 0.3 is 12.2 Å². The SMILES string of the molecule is CC(C)C[C@H](NC(=O)OC(C)(C)C)C(=O)C[C@H](Cc1ccccc1)C(=O)N1CCC[C@H]1C(=O)N[C@H](C(=O)N[C@@H](CCCNC(=O)OCc1ccccc1)C(=O)NC1=NCCC(C)S1)C(C)C. The second-order valence-electron chi connectivity index (χ2n) is 18.9. The molecular formula is C49H71N7O9S. The first-order valence-electron chi connectivity index (χ1n) is 23.2. The van der Waals surface area contributed by atoms with Crippen molar-refractivity contribution in [2.75, 3.05) is 19.6 Å². The van der Waals surface area contributed by atoms with Crippen molar-refractivity contribution in [3.05, 3.63) is 71.8 Å². The Morgan fingerprint density at radius 1 is 0.833 bits per heavy atom. The average molecular weight is 934 g/mol. The topological polar surface area (TPSA) is 214 Å². The van der Waals surface area contributed by atoms with Gasteiger partial charge in [0.1, 0.15) is 30.3 Å². The molecule has 5 N–H and O–H groups in total. The summed E-state index contributed by atoms with van der Waals surface area (Å²) in [6, 6.07) is 14.7. The van der Waals surface area contributed by atoms with Gasteiger partial charge in [-0.05, 0) is 88.7 Å². The van der Waals surface area contributed by atoms with Gasteiger partial charge in [0, 0.05) is 37.2 Å². The van der Waals surface area contributed by atoms with E-state index in [1.165, 1.54) is 16.7 Å². The molecule has 0 bridgehead atoms. The molecule has 1 fully saturated rings. The fraction of sp³-hybridized carbons (Fsp3) is 0.592. The number of aliphatic imine (C=N–C) groups is 1. The highest BCUT2D eigenvalue weighted by molar-refractivity contribution is 8.14. The number of amidine groups is 1. The van der Waals surface area contributed by atoms with E-state index in [0.29, 0.717) is 37.4 Å². The van der Waals surface area contributed by atoms with E-state index in [1.54, 1.807) is 34.6 Å². The summed E-state index contributed by atoms with van der Waals surface area (Å²) in [5.74, 6) is -3.49. The van der Waals surface area contributed by atoms with Crippen LogP contribution in [-0.2, 0) is 46.5 Å². The summed E-state index contributed by atoms with van der Waals surface area (Å²) in [5.41, 5.74) is 0.895. The third-order valence-corrected chi connectivity index (χ3v) is 12.2. The highest BCUT2D eigenvalue weighted by atomic mass is 32.2. The Morgan fingerprint density at radius 3 is 2.12 bits per heavy atom. The Morgan fingerprint density at radius 2 is 1.50 bits per heavy atom. The molecule has 1 unspecified atom stereocenters. The summed E-state index contributed by atoms with van der Waals surface area (Å²) < 4.78 is 10.8. The number of thioether (sulfide) groups is 1. The molecule has 1 saturated heterocycles. The number of ketones is 1. The molecule has 16 nitrogen and oxygen atoms in total. The van der Waals surface area contributed by atoms with Gasteiger partial charge in [0.05, 0.1) is 6.04 Å². The Bertz CT molecular complexity index is 1980. The zero-order valence-corrected chi connectivity index (χ0v) is 40.7.